The highest BCUT2D eigenvalue weighted by Gasteiger charge is 2.51. The Morgan fingerprint density at radius 3 is 2.66 bits per heavy atom. The number of aryl methyl sites for hydroxylation is 1. The van der Waals surface area contributed by atoms with Crippen LogP contribution in [0.15, 0.2) is 42.9 Å². The van der Waals surface area contributed by atoms with Crippen LogP contribution < -0.4 is 4.90 Å². The van der Waals surface area contributed by atoms with Crippen molar-refractivity contribution in [2.45, 2.75) is 76.7 Å². The van der Waals surface area contributed by atoms with Crippen LogP contribution in [-0.4, -0.2) is 36.5 Å². The minimum absolute atomic E-state index is 0.147. The van der Waals surface area contributed by atoms with Gasteiger partial charge in [-0.05, 0) is 48.8 Å². The van der Waals surface area contributed by atoms with Gasteiger partial charge in [0.15, 0.2) is 0 Å². The van der Waals surface area contributed by atoms with Crippen molar-refractivity contribution in [1.82, 2.24) is 29.9 Å². The lowest BCUT2D eigenvalue weighted by Gasteiger charge is -2.45. The number of rotatable bonds is 3. The highest BCUT2D eigenvalue weighted by molar-refractivity contribution is 5.89. The molecule has 0 spiro atoms. The average molecular weight is 504 g/mol. The van der Waals surface area contributed by atoms with Gasteiger partial charge in [0.2, 0.25) is 5.95 Å². The summed E-state index contributed by atoms with van der Waals surface area (Å²) in [5, 5.41) is 13.3. The van der Waals surface area contributed by atoms with E-state index in [1.807, 2.05) is 18.6 Å². The molecule has 1 atom stereocenters. The molecule has 0 amide bonds. The largest absolute Gasteiger partial charge is 0.336 e. The molecule has 2 aliphatic carbocycles. The Bertz CT molecular complexity index is 1630. The summed E-state index contributed by atoms with van der Waals surface area (Å²) in [4.78, 5) is 11.9. The third-order valence-corrected chi connectivity index (χ3v) is 9.37. The minimum atomic E-state index is -0.364. The molecule has 0 radical (unpaired) electrons. The third-order valence-electron chi connectivity index (χ3n) is 9.37. The van der Waals surface area contributed by atoms with Gasteiger partial charge in [0, 0.05) is 59.7 Å². The normalized spacial score (nSPS) is 22.6. The number of hydrogen-bond acceptors (Lipinski definition) is 5. The van der Waals surface area contributed by atoms with Gasteiger partial charge in [0.1, 0.15) is 0 Å². The molecule has 1 saturated carbocycles. The number of allylic oxidation sites excluding steroid dienone is 2. The second kappa shape index (κ2) is 7.43. The maximum Gasteiger partial charge on any atom is 0.225 e. The minimum Gasteiger partial charge on any atom is -0.336 e. The number of para-hydroxylation sites is 1. The average Bonchev–Trinajstić information content (AvgIpc) is 3.50. The first kappa shape index (κ1) is 22.3. The second-order valence-corrected chi connectivity index (χ2v) is 12.2. The monoisotopic (exact) mass is 503 g/mol. The lowest BCUT2D eigenvalue weighted by molar-refractivity contribution is 0.553. The molecule has 38 heavy (non-hydrogen) atoms. The Labute approximate surface area is 223 Å². The van der Waals surface area contributed by atoms with E-state index in [-0.39, 0.29) is 10.8 Å². The Hall–Kier alpha value is -3.74. The number of H-pyrrole nitrogens is 1. The highest BCUT2D eigenvalue weighted by atomic mass is 15.3. The summed E-state index contributed by atoms with van der Waals surface area (Å²) >= 11 is 0. The number of benzene rings is 1. The molecule has 5 heterocycles. The van der Waals surface area contributed by atoms with Gasteiger partial charge >= 0.3 is 0 Å². The molecule has 0 bridgehead atoms. The van der Waals surface area contributed by atoms with Gasteiger partial charge in [0.05, 0.1) is 28.7 Å². The predicted octanol–water partition coefficient (Wildman–Crippen LogP) is 5.38. The van der Waals surface area contributed by atoms with Crippen LogP contribution in [0.25, 0.3) is 11.3 Å². The molecule has 7 heteroatoms. The molecule has 2 aliphatic heterocycles. The molecule has 8 rings (SSSR count). The van der Waals surface area contributed by atoms with E-state index in [1.54, 1.807) is 0 Å². The van der Waals surface area contributed by atoms with E-state index in [0.29, 0.717) is 5.92 Å². The standard InChI is InChI=1S/C31H33N7/c1-5-18-7-6-8-21-23-13-30(2,3)27-24(16-34-35-27)31(23,4)28-22-17-37(12-11-25(22)36-38(28)26(18)21)29-32-14-20(15-33-29)19-9-10-19/h6-8,13-16,19H,5,9-12,17H2,1-4H3,(H,34,35). The van der Waals surface area contributed by atoms with Crippen LogP contribution in [0.1, 0.15) is 91.4 Å². The van der Waals surface area contributed by atoms with E-state index in [9.17, 15) is 0 Å². The van der Waals surface area contributed by atoms with E-state index >= 15 is 0 Å². The summed E-state index contributed by atoms with van der Waals surface area (Å²) in [5.74, 6) is 1.48. The number of fused-ring (bicyclic) bond motifs is 10. The summed E-state index contributed by atoms with van der Waals surface area (Å²) in [5.41, 5.74) is 12.2. The fourth-order valence-electron chi connectivity index (χ4n) is 7.17. The van der Waals surface area contributed by atoms with Crippen LogP contribution in [0.2, 0.25) is 0 Å². The Morgan fingerprint density at radius 2 is 1.89 bits per heavy atom. The number of anilines is 1. The number of nitrogens with zero attached hydrogens (tertiary/aromatic N) is 6. The quantitative estimate of drug-likeness (QED) is 0.406. The van der Waals surface area contributed by atoms with Crippen LogP contribution in [0.3, 0.4) is 0 Å². The van der Waals surface area contributed by atoms with Gasteiger partial charge < -0.3 is 4.90 Å². The van der Waals surface area contributed by atoms with Crippen molar-refractivity contribution in [1.29, 1.82) is 0 Å². The fourth-order valence-corrected chi connectivity index (χ4v) is 7.17. The second-order valence-electron chi connectivity index (χ2n) is 12.2. The first-order chi connectivity index (χ1) is 18.4. The van der Waals surface area contributed by atoms with Crippen LogP contribution >= 0.6 is 0 Å². The molecular weight excluding hydrogens is 470 g/mol. The molecule has 192 valence electrons. The van der Waals surface area contributed by atoms with Gasteiger partial charge in [-0.1, -0.05) is 45.0 Å². The van der Waals surface area contributed by atoms with Gasteiger partial charge in [-0.2, -0.15) is 10.2 Å². The summed E-state index contributed by atoms with van der Waals surface area (Å²) < 4.78 is 2.28. The van der Waals surface area contributed by atoms with Crippen molar-refractivity contribution in [3.63, 3.8) is 0 Å². The Kier molecular flexibility index (Phi) is 4.35. The predicted molar refractivity (Wildman–Crippen MR) is 148 cm³/mol. The van der Waals surface area contributed by atoms with Crippen molar-refractivity contribution >= 4 is 11.5 Å². The highest BCUT2D eigenvalue weighted by Crippen LogP contribution is 2.57. The topological polar surface area (TPSA) is 75.5 Å². The van der Waals surface area contributed by atoms with Gasteiger partial charge in [0.25, 0.3) is 0 Å². The zero-order valence-corrected chi connectivity index (χ0v) is 22.5. The maximum absolute atomic E-state index is 5.34. The lowest BCUT2D eigenvalue weighted by Crippen LogP contribution is -2.41. The number of aromatic nitrogens is 6. The SMILES string of the molecule is CCc1cccc2c1-n1nc3c(c1C1(C)C2=CC(C)(C)c2[nH]ncc21)CN(c1ncc(C2CC2)cn1)CC3. The van der Waals surface area contributed by atoms with Crippen molar-refractivity contribution in [3.8, 4) is 5.69 Å². The van der Waals surface area contributed by atoms with Crippen LogP contribution in [0.4, 0.5) is 5.95 Å². The number of hydrogen-bond donors (Lipinski definition) is 1. The number of nitrogens with one attached hydrogen (secondary N) is 1. The first-order valence-corrected chi connectivity index (χ1v) is 14.0. The molecular formula is C31H33N7. The van der Waals surface area contributed by atoms with Gasteiger partial charge in [-0.15, -0.1) is 0 Å². The van der Waals surface area contributed by atoms with E-state index in [2.05, 4.69) is 71.7 Å². The molecule has 4 aromatic rings. The molecule has 4 aliphatic rings. The number of aromatic amines is 1. The molecule has 3 aromatic heterocycles. The summed E-state index contributed by atoms with van der Waals surface area (Å²) in [6.45, 7) is 10.8. The van der Waals surface area contributed by atoms with E-state index in [1.165, 1.54) is 69.0 Å². The molecule has 7 nitrogen and oxygen atoms in total. The molecule has 0 saturated heterocycles. The third kappa shape index (κ3) is 2.85. The Balaban J connectivity index is 1.34. The molecule has 1 N–H and O–H groups in total. The van der Waals surface area contributed by atoms with E-state index in [4.69, 9.17) is 15.1 Å². The van der Waals surface area contributed by atoms with E-state index in [0.717, 1.165) is 31.9 Å². The smallest absolute Gasteiger partial charge is 0.225 e. The molecule has 1 unspecified atom stereocenters. The van der Waals surface area contributed by atoms with Gasteiger partial charge in [-0.3, -0.25) is 5.10 Å². The zero-order chi connectivity index (χ0) is 25.8. The van der Waals surface area contributed by atoms with Gasteiger partial charge in [-0.25, -0.2) is 14.6 Å². The van der Waals surface area contributed by atoms with Crippen molar-refractivity contribution in [2.24, 2.45) is 0 Å². The zero-order valence-electron chi connectivity index (χ0n) is 22.5. The van der Waals surface area contributed by atoms with E-state index < -0.39 is 0 Å². The first-order valence-electron chi connectivity index (χ1n) is 14.0. The summed E-state index contributed by atoms with van der Waals surface area (Å²) in [6, 6.07) is 6.74. The summed E-state index contributed by atoms with van der Waals surface area (Å²) in [6.07, 6.45) is 13.0. The molecule has 1 fully saturated rings. The fraction of sp³-hybridized carbons (Fsp3) is 0.419. The van der Waals surface area contributed by atoms with Crippen LogP contribution in [0.5, 0.6) is 0 Å². The van der Waals surface area contributed by atoms with Crippen molar-refractivity contribution in [2.75, 3.05) is 11.4 Å². The van der Waals surface area contributed by atoms with Crippen LogP contribution in [0, 0.1) is 0 Å². The Morgan fingerprint density at radius 1 is 1.08 bits per heavy atom. The maximum atomic E-state index is 5.34. The van der Waals surface area contributed by atoms with Crippen molar-refractivity contribution < 1.29 is 0 Å². The van der Waals surface area contributed by atoms with Crippen LogP contribution in [-0.2, 0) is 30.2 Å². The lowest BCUT2D eigenvalue weighted by atomic mass is 9.60. The van der Waals surface area contributed by atoms with Crippen molar-refractivity contribution in [3.05, 3.63) is 87.8 Å². The summed E-state index contributed by atoms with van der Waals surface area (Å²) in [7, 11) is 0. The molecule has 1 aromatic carbocycles.